The zero-order valence-corrected chi connectivity index (χ0v) is 15.9. The van der Waals surface area contributed by atoms with E-state index in [1.807, 2.05) is 60.0 Å². The van der Waals surface area contributed by atoms with Gasteiger partial charge < -0.3 is 5.32 Å². The fraction of sp³-hybridized carbons (Fsp3) is 0.211. The number of amides is 1. The molecule has 1 aromatic heterocycles. The Hall–Kier alpha value is -2.31. The van der Waals surface area contributed by atoms with E-state index in [1.54, 1.807) is 6.33 Å². The molecule has 26 heavy (non-hydrogen) atoms. The average molecular weight is 387 g/mol. The molecule has 0 saturated carbocycles. The summed E-state index contributed by atoms with van der Waals surface area (Å²) in [5, 5.41) is 12.5. The molecule has 1 amide bonds. The van der Waals surface area contributed by atoms with Gasteiger partial charge >= 0.3 is 0 Å². The molecule has 0 aliphatic carbocycles. The summed E-state index contributed by atoms with van der Waals surface area (Å²) in [7, 11) is 0. The summed E-state index contributed by atoms with van der Waals surface area (Å²) in [5.41, 5.74) is 3.10. The molecule has 1 N–H and O–H groups in total. The Morgan fingerprint density at radius 2 is 1.96 bits per heavy atom. The molecule has 5 nitrogen and oxygen atoms in total. The van der Waals surface area contributed by atoms with Crippen molar-refractivity contribution < 1.29 is 4.79 Å². The number of nitrogens with zero attached hydrogens (tertiary/aromatic N) is 3. The van der Waals surface area contributed by atoms with E-state index in [9.17, 15) is 4.79 Å². The molecule has 0 aliphatic heterocycles. The van der Waals surface area contributed by atoms with Crippen LogP contribution in [0, 0.1) is 6.92 Å². The monoisotopic (exact) mass is 386 g/mol. The van der Waals surface area contributed by atoms with Gasteiger partial charge in [0.25, 0.3) is 0 Å². The van der Waals surface area contributed by atoms with E-state index in [-0.39, 0.29) is 5.91 Å². The molecular weight excluding hydrogens is 368 g/mol. The Kier molecular flexibility index (Phi) is 6.30. The van der Waals surface area contributed by atoms with Gasteiger partial charge in [0.2, 0.25) is 5.91 Å². The number of carbonyl (C=O) groups is 1. The fourth-order valence-corrected chi connectivity index (χ4v) is 3.54. The van der Waals surface area contributed by atoms with Gasteiger partial charge in [0.1, 0.15) is 6.33 Å². The van der Waals surface area contributed by atoms with Gasteiger partial charge in [-0.15, -0.1) is 10.2 Å². The van der Waals surface area contributed by atoms with Crippen molar-refractivity contribution in [2.75, 3.05) is 5.75 Å². The molecule has 0 radical (unpaired) electrons. The standard InChI is InChI=1S/C19H19ClN4OS/c1-14-6-2-5-9-17(14)24-13-22-23-19(24)26-11-10-18(25)21-12-15-7-3-4-8-16(15)20/h2-9,13H,10-12H2,1H3,(H,21,25). The van der Waals surface area contributed by atoms with Crippen LogP contribution in [-0.2, 0) is 11.3 Å². The maximum atomic E-state index is 12.1. The van der Waals surface area contributed by atoms with Gasteiger partial charge in [-0.2, -0.15) is 0 Å². The number of aromatic nitrogens is 3. The van der Waals surface area contributed by atoms with Crippen LogP contribution in [0.25, 0.3) is 5.69 Å². The van der Waals surface area contributed by atoms with Crippen molar-refractivity contribution in [1.82, 2.24) is 20.1 Å². The average Bonchev–Trinajstić information content (AvgIpc) is 3.10. The Labute approximate surface area is 161 Å². The quantitative estimate of drug-likeness (QED) is 0.623. The van der Waals surface area contributed by atoms with Crippen molar-refractivity contribution in [3.8, 4) is 5.69 Å². The van der Waals surface area contributed by atoms with Crippen molar-refractivity contribution >= 4 is 29.3 Å². The molecule has 0 spiro atoms. The highest BCUT2D eigenvalue weighted by molar-refractivity contribution is 7.99. The summed E-state index contributed by atoms with van der Waals surface area (Å²) in [6.07, 6.45) is 2.10. The van der Waals surface area contributed by atoms with E-state index in [1.165, 1.54) is 11.8 Å². The van der Waals surface area contributed by atoms with Gasteiger partial charge in [-0.25, -0.2) is 0 Å². The normalized spacial score (nSPS) is 10.7. The fourth-order valence-electron chi connectivity index (χ4n) is 2.48. The third kappa shape index (κ3) is 4.65. The number of thioether (sulfide) groups is 1. The summed E-state index contributed by atoms with van der Waals surface area (Å²) in [5.74, 6) is 0.609. The molecule has 0 bridgehead atoms. The van der Waals surface area contributed by atoms with Crippen LogP contribution in [0.5, 0.6) is 0 Å². The molecule has 3 aromatic rings. The number of hydrogen-bond acceptors (Lipinski definition) is 4. The summed E-state index contributed by atoms with van der Waals surface area (Å²) < 4.78 is 1.95. The maximum Gasteiger partial charge on any atom is 0.221 e. The topological polar surface area (TPSA) is 59.8 Å². The Bertz CT molecular complexity index is 897. The molecule has 7 heteroatoms. The van der Waals surface area contributed by atoms with Gasteiger partial charge in [0.05, 0.1) is 5.69 Å². The van der Waals surface area contributed by atoms with Crippen molar-refractivity contribution in [2.45, 2.75) is 25.0 Å². The van der Waals surface area contributed by atoms with Crippen LogP contribution in [0.2, 0.25) is 5.02 Å². The van der Waals surface area contributed by atoms with Crippen LogP contribution in [0.15, 0.2) is 60.0 Å². The number of benzene rings is 2. The number of carbonyl (C=O) groups excluding carboxylic acids is 1. The molecular formula is C19H19ClN4OS. The van der Waals surface area contributed by atoms with Crippen LogP contribution in [0.1, 0.15) is 17.5 Å². The second kappa shape index (κ2) is 8.87. The smallest absolute Gasteiger partial charge is 0.221 e. The number of hydrogen-bond donors (Lipinski definition) is 1. The molecule has 1 heterocycles. The third-order valence-electron chi connectivity index (χ3n) is 3.89. The SMILES string of the molecule is Cc1ccccc1-n1cnnc1SCCC(=O)NCc1ccccc1Cl. The highest BCUT2D eigenvalue weighted by Crippen LogP contribution is 2.22. The van der Waals surface area contributed by atoms with Gasteiger partial charge in [-0.05, 0) is 30.2 Å². The minimum atomic E-state index is -0.0145. The van der Waals surface area contributed by atoms with Crippen LogP contribution < -0.4 is 5.32 Å². The first-order valence-electron chi connectivity index (χ1n) is 8.24. The zero-order valence-electron chi connectivity index (χ0n) is 14.4. The van der Waals surface area contributed by atoms with E-state index in [0.717, 1.165) is 22.0 Å². The number of aryl methyl sites for hydroxylation is 1. The lowest BCUT2D eigenvalue weighted by atomic mass is 10.2. The van der Waals surface area contributed by atoms with Crippen molar-refractivity contribution in [2.24, 2.45) is 0 Å². The van der Waals surface area contributed by atoms with Gasteiger partial charge in [-0.3, -0.25) is 9.36 Å². The van der Waals surface area contributed by atoms with Crippen LogP contribution in [0.4, 0.5) is 0 Å². The highest BCUT2D eigenvalue weighted by Gasteiger charge is 2.10. The highest BCUT2D eigenvalue weighted by atomic mass is 35.5. The molecule has 0 atom stereocenters. The zero-order chi connectivity index (χ0) is 18.4. The molecule has 0 unspecified atom stereocenters. The number of para-hydroxylation sites is 1. The van der Waals surface area contributed by atoms with E-state index >= 15 is 0 Å². The lowest BCUT2D eigenvalue weighted by Gasteiger charge is -2.09. The summed E-state index contributed by atoms with van der Waals surface area (Å²) in [4.78, 5) is 12.1. The molecule has 0 fully saturated rings. The molecule has 3 rings (SSSR count). The van der Waals surface area contributed by atoms with Gasteiger partial charge in [-0.1, -0.05) is 59.8 Å². The predicted octanol–water partition coefficient (Wildman–Crippen LogP) is 4.03. The van der Waals surface area contributed by atoms with E-state index in [0.29, 0.717) is 23.7 Å². The second-order valence-electron chi connectivity index (χ2n) is 5.74. The van der Waals surface area contributed by atoms with Crippen molar-refractivity contribution in [3.05, 3.63) is 71.0 Å². The van der Waals surface area contributed by atoms with E-state index < -0.39 is 0 Å². The molecule has 0 saturated heterocycles. The van der Waals surface area contributed by atoms with Gasteiger partial charge in [0, 0.05) is 23.7 Å². The second-order valence-corrected chi connectivity index (χ2v) is 7.21. The van der Waals surface area contributed by atoms with Crippen LogP contribution in [0.3, 0.4) is 0 Å². The summed E-state index contributed by atoms with van der Waals surface area (Å²) in [6, 6.07) is 15.6. The third-order valence-corrected chi connectivity index (χ3v) is 5.20. The number of rotatable bonds is 7. The maximum absolute atomic E-state index is 12.1. The van der Waals surface area contributed by atoms with Crippen molar-refractivity contribution in [1.29, 1.82) is 0 Å². The lowest BCUT2D eigenvalue weighted by Crippen LogP contribution is -2.23. The van der Waals surface area contributed by atoms with Gasteiger partial charge in [0.15, 0.2) is 5.16 Å². The largest absolute Gasteiger partial charge is 0.352 e. The number of nitrogens with one attached hydrogen (secondary N) is 1. The first-order chi connectivity index (χ1) is 12.6. The summed E-state index contributed by atoms with van der Waals surface area (Å²) >= 11 is 7.61. The number of halogens is 1. The lowest BCUT2D eigenvalue weighted by molar-refractivity contribution is -0.120. The first kappa shape index (κ1) is 18.5. The van der Waals surface area contributed by atoms with Crippen molar-refractivity contribution in [3.63, 3.8) is 0 Å². The molecule has 2 aromatic carbocycles. The van der Waals surface area contributed by atoms with Crippen LogP contribution >= 0.6 is 23.4 Å². The predicted molar refractivity (Wildman–Crippen MR) is 105 cm³/mol. The van der Waals surface area contributed by atoms with E-state index in [2.05, 4.69) is 15.5 Å². The molecule has 134 valence electrons. The Balaban J connectivity index is 1.51. The Morgan fingerprint density at radius 3 is 2.77 bits per heavy atom. The minimum Gasteiger partial charge on any atom is -0.352 e. The molecule has 0 aliphatic rings. The van der Waals surface area contributed by atoms with E-state index in [4.69, 9.17) is 11.6 Å². The first-order valence-corrected chi connectivity index (χ1v) is 9.60. The minimum absolute atomic E-state index is 0.0145. The Morgan fingerprint density at radius 1 is 1.19 bits per heavy atom. The van der Waals surface area contributed by atoms with Crippen LogP contribution in [-0.4, -0.2) is 26.4 Å². The summed E-state index contributed by atoms with van der Waals surface area (Å²) in [6.45, 7) is 2.48.